The summed E-state index contributed by atoms with van der Waals surface area (Å²) >= 11 is 0. The average Bonchev–Trinajstić information content (AvgIpc) is 3.19. The summed E-state index contributed by atoms with van der Waals surface area (Å²) in [5.41, 5.74) is 2.13. The van der Waals surface area contributed by atoms with Crippen LogP contribution in [0.3, 0.4) is 0 Å². The third-order valence-corrected chi connectivity index (χ3v) is 4.78. The van der Waals surface area contributed by atoms with E-state index in [0.717, 1.165) is 18.3 Å². The Morgan fingerprint density at radius 3 is 2.44 bits per heavy atom. The number of nitrogens with one attached hydrogen (secondary N) is 2. The monoisotopic (exact) mass is 447 g/mol. The number of alkyl halides is 3. The molecule has 0 bridgehead atoms. The lowest BCUT2D eigenvalue weighted by Gasteiger charge is -2.11. The van der Waals surface area contributed by atoms with Crippen LogP contribution in [-0.4, -0.2) is 40.5 Å². The largest absolute Gasteiger partial charge is 0.491 e. The molecule has 0 atom stereocenters. The predicted molar refractivity (Wildman–Crippen MR) is 102 cm³/mol. The lowest BCUT2D eigenvalue weighted by molar-refractivity contribution is -0.193. The second kappa shape index (κ2) is 7.91. The summed E-state index contributed by atoms with van der Waals surface area (Å²) in [5.74, 6) is -4.95. The highest BCUT2D eigenvalue weighted by molar-refractivity contribution is 5.99. The lowest BCUT2D eigenvalue weighted by atomic mass is 10.0. The lowest BCUT2D eigenvalue weighted by Crippen LogP contribution is -2.31. The van der Waals surface area contributed by atoms with Gasteiger partial charge in [0.25, 0.3) is 5.91 Å². The van der Waals surface area contributed by atoms with Gasteiger partial charge in [0.1, 0.15) is 0 Å². The molecule has 7 nitrogen and oxygen atoms in total. The summed E-state index contributed by atoms with van der Waals surface area (Å²) in [5, 5.41) is 2.70. The highest BCUT2D eigenvalue weighted by Crippen LogP contribution is 2.29. The predicted octanol–water partition coefficient (Wildman–Crippen LogP) is 3.41. The summed E-state index contributed by atoms with van der Waals surface area (Å²) in [6.07, 6.45) is -3.72. The van der Waals surface area contributed by atoms with Crippen LogP contribution in [0.25, 0.3) is 22.5 Å². The van der Waals surface area contributed by atoms with Gasteiger partial charge in [0.15, 0.2) is 5.82 Å². The first-order valence-corrected chi connectivity index (χ1v) is 9.23. The Balaban J connectivity index is 1.59. The Labute approximate surface area is 177 Å². The molecule has 164 valence electrons. The molecule has 0 unspecified atom stereocenters. The van der Waals surface area contributed by atoms with Crippen molar-refractivity contribution in [1.82, 2.24) is 15.3 Å². The highest BCUT2D eigenvalue weighted by atomic mass is 19.4. The molecule has 0 radical (unpaired) electrons. The van der Waals surface area contributed by atoms with Crippen molar-refractivity contribution in [1.29, 1.82) is 0 Å². The number of fused-ring (bicyclic) bond motifs is 1. The van der Waals surface area contributed by atoms with E-state index in [9.17, 15) is 31.9 Å². The molecule has 1 aliphatic heterocycles. The van der Waals surface area contributed by atoms with Gasteiger partial charge in [-0.3, -0.25) is 9.78 Å². The minimum atomic E-state index is -5.29. The molecule has 2 N–H and O–H groups in total. The van der Waals surface area contributed by atoms with Crippen LogP contribution in [0.2, 0.25) is 0 Å². The van der Waals surface area contributed by atoms with Crippen molar-refractivity contribution in [2.75, 3.05) is 6.54 Å². The Morgan fingerprint density at radius 2 is 1.78 bits per heavy atom. The number of carbonyl (C=O) groups excluding carboxylic acids is 3. The van der Waals surface area contributed by atoms with Crippen molar-refractivity contribution in [3.8, 4) is 22.5 Å². The van der Waals surface area contributed by atoms with E-state index in [2.05, 4.69) is 20.0 Å². The summed E-state index contributed by atoms with van der Waals surface area (Å²) in [4.78, 5) is 41.5. The highest BCUT2D eigenvalue weighted by Gasteiger charge is 2.42. The summed E-state index contributed by atoms with van der Waals surface area (Å²) < 4.78 is 54.9. The van der Waals surface area contributed by atoms with E-state index >= 15 is 0 Å². The molecule has 0 aliphatic carbocycles. The number of ether oxygens (including phenoxy) is 1. The van der Waals surface area contributed by atoms with Crippen LogP contribution < -0.4 is 5.32 Å². The van der Waals surface area contributed by atoms with Crippen LogP contribution in [0.15, 0.2) is 42.6 Å². The van der Waals surface area contributed by atoms with Crippen molar-refractivity contribution in [3.05, 3.63) is 65.2 Å². The number of carbonyl (C=O) groups is 3. The molecule has 4 rings (SSSR count). The number of rotatable bonds is 3. The van der Waals surface area contributed by atoms with Crippen LogP contribution in [0.4, 0.5) is 17.6 Å². The molecule has 1 amide bonds. The Bertz CT molecular complexity index is 1230. The molecule has 0 saturated carbocycles. The van der Waals surface area contributed by atoms with Crippen LogP contribution in [0.5, 0.6) is 0 Å². The van der Waals surface area contributed by atoms with Gasteiger partial charge in [-0.2, -0.15) is 13.2 Å². The quantitative estimate of drug-likeness (QED) is 0.364. The number of benzene rings is 1. The van der Waals surface area contributed by atoms with Gasteiger partial charge in [0.05, 0.1) is 23.0 Å². The SMILES string of the molecule is O=C(OC(=O)C(F)(F)F)c1ccc(-c2cc(-c3cc4c([nH]3)CCNC4=O)c(F)cn2)cc1. The second-order valence-electron chi connectivity index (χ2n) is 6.88. The van der Waals surface area contributed by atoms with Gasteiger partial charge in [0.2, 0.25) is 0 Å². The molecule has 1 aromatic carbocycles. The number of amides is 1. The van der Waals surface area contributed by atoms with Gasteiger partial charge in [-0.15, -0.1) is 0 Å². The first-order valence-electron chi connectivity index (χ1n) is 9.23. The number of hydrogen-bond donors (Lipinski definition) is 2. The van der Waals surface area contributed by atoms with E-state index in [0.29, 0.717) is 41.2 Å². The number of aromatic nitrogens is 2. The van der Waals surface area contributed by atoms with Crippen molar-refractivity contribution in [3.63, 3.8) is 0 Å². The van der Waals surface area contributed by atoms with Gasteiger partial charge in [-0.05, 0) is 24.3 Å². The van der Waals surface area contributed by atoms with Crippen molar-refractivity contribution < 1.29 is 36.7 Å². The van der Waals surface area contributed by atoms with E-state index < -0.39 is 23.9 Å². The normalized spacial score (nSPS) is 13.3. The molecule has 0 spiro atoms. The maximum atomic E-state index is 14.5. The topological polar surface area (TPSA) is 101 Å². The number of hydrogen-bond acceptors (Lipinski definition) is 5. The fourth-order valence-corrected chi connectivity index (χ4v) is 3.22. The van der Waals surface area contributed by atoms with Gasteiger partial charge in [0, 0.05) is 35.5 Å². The maximum Gasteiger partial charge on any atom is 0.491 e. The maximum absolute atomic E-state index is 14.5. The van der Waals surface area contributed by atoms with E-state index in [1.54, 1.807) is 6.07 Å². The summed E-state index contributed by atoms with van der Waals surface area (Å²) in [7, 11) is 0. The molecule has 2 aromatic heterocycles. The van der Waals surface area contributed by atoms with Crippen LogP contribution >= 0.6 is 0 Å². The fraction of sp³-hybridized carbons (Fsp3) is 0.143. The van der Waals surface area contributed by atoms with Gasteiger partial charge in [-0.1, -0.05) is 12.1 Å². The molecular formula is C21H13F4N3O4. The van der Waals surface area contributed by atoms with E-state index in [1.165, 1.54) is 18.2 Å². The molecule has 3 heterocycles. The first-order chi connectivity index (χ1) is 15.1. The molecule has 3 aromatic rings. The van der Waals surface area contributed by atoms with Crippen LogP contribution in [0.1, 0.15) is 26.4 Å². The van der Waals surface area contributed by atoms with Gasteiger partial charge < -0.3 is 15.0 Å². The fourth-order valence-electron chi connectivity index (χ4n) is 3.22. The Kier molecular flexibility index (Phi) is 5.25. The zero-order valence-electron chi connectivity index (χ0n) is 16.0. The number of halogens is 4. The summed E-state index contributed by atoms with van der Waals surface area (Å²) in [6, 6.07) is 8.03. The standard InChI is InChI=1S/C21H13F4N3O4/c22-14-9-27-16(7-12(14)17-8-13-15(28-17)5-6-26-18(13)29)10-1-3-11(4-2-10)19(30)32-20(31)21(23,24)25/h1-4,7-9,28H,5-6H2,(H,26,29). The molecule has 11 heteroatoms. The zero-order valence-corrected chi connectivity index (χ0v) is 16.0. The summed E-state index contributed by atoms with van der Waals surface area (Å²) in [6.45, 7) is 0.471. The smallest absolute Gasteiger partial charge is 0.383 e. The average molecular weight is 447 g/mol. The molecular weight excluding hydrogens is 434 g/mol. The third kappa shape index (κ3) is 4.09. The van der Waals surface area contributed by atoms with Gasteiger partial charge in [-0.25, -0.2) is 14.0 Å². The number of esters is 2. The number of nitrogens with zero attached hydrogens (tertiary/aromatic N) is 1. The van der Waals surface area contributed by atoms with Crippen molar-refractivity contribution >= 4 is 17.8 Å². The van der Waals surface area contributed by atoms with Crippen LogP contribution in [-0.2, 0) is 16.0 Å². The molecule has 0 saturated heterocycles. The zero-order chi connectivity index (χ0) is 23.0. The number of pyridine rings is 1. The second-order valence-corrected chi connectivity index (χ2v) is 6.88. The minimum Gasteiger partial charge on any atom is -0.383 e. The van der Waals surface area contributed by atoms with Gasteiger partial charge >= 0.3 is 18.1 Å². The van der Waals surface area contributed by atoms with Crippen LogP contribution in [0, 0.1) is 5.82 Å². The minimum absolute atomic E-state index is 0.163. The van der Waals surface area contributed by atoms with Crippen molar-refractivity contribution in [2.24, 2.45) is 0 Å². The van der Waals surface area contributed by atoms with E-state index in [4.69, 9.17) is 0 Å². The molecule has 1 aliphatic rings. The van der Waals surface area contributed by atoms with Crippen molar-refractivity contribution in [2.45, 2.75) is 12.6 Å². The Hall–Kier alpha value is -4.02. The molecule has 0 fully saturated rings. The van der Waals surface area contributed by atoms with E-state index in [1.807, 2.05) is 0 Å². The number of aromatic amines is 1. The first kappa shape index (κ1) is 21.2. The Morgan fingerprint density at radius 1 is 1.06 bits per heavy atom. The molecule has 32 heavy (non-hydrogen) atoms. The number of H-pyrrole nitrogens is 1. The van der Waals surface area contributed by atoms with E-state index in [-0.39, 0.29) is 17.0 Å². The third-order valence-electron chi connectivity index (χ3n) is 4.78.